The number of aldehydes is 2. The monoisotopic (exact) mass is 520 g/mol. The third-order valence-electron chi connectivity index (χ3n) is 5.77. The van der Waals surface area contributed by atoms with Crippen LogP contribution in [0.5, 0.6) is 0 Å². The van der Waals surface area contributed by atoms with E-state index in [0.717, 1.165) is 53.6 Å². The first-order chi connectivity index (χ1) is 17.6. The molecular weight excluding hydrogens is 492 g/mol. The lowest BCUT2D eigenvalue weighted by Gasteiger charge is -2.19. The number of nitrogens with zero attached hydrogens (tertiary/aromatic N) is 2. The molecule has 0 unspecified atom stereocenters. The normalized spacial score (nSPS) is 11.0. The molecule has 0 aliphatic heterocycles. The average Bonchev–Trinajstić information content (AvgIpc) is 3.34. The van der Waals surface area contributed by atoms with E-state index in [2.05, 4.69) is 64.9 Å². The molecular formula is C28H29ClN4O2S. The molecule has 0 saturated carbocycles. The highest BCUT2D eigenvalue weighted by Crippen LogP contribution is 2.38. The van der Waals surface area contributed by atoms with Gasteiger partial charge in [-0.25, -0.2) is 4.68 Å². The number of thioether (sulfide) groups is 1. The Morgan fingerprint density at radius 3 is 2.31 bits per heavy atom. The van der Waals surface area contributed by atoms with Gasteiger partial charge in [-0.1, -0.05) is 35.9 Å². The Kier molecular flexibility index (Phi) is 9.87. The van der Waals surface area contributed by atoms with Crippen LogP contribution in [0.3, 0.4) is 0 Å². The zero-order valence-corrected chi connectivity index (χ0v) is 22.1. The number of benzene rings is 3. The number of hydrogen-bond donors (Lipinski definition) is 2. The molecule has 1 aliphatic rings. The molecule has 3 aromatic carbocycles. The van der Waals surface area contributed by atoms with Crippen LogP contribution in [0.15, 0.2) is 71.6 Å². The van der Waals surface area contributed by atoms with Crippen molar-refractivity contribution in [3.05, 3.63) is 94.1 Å². The van der Waals surface area contributed by atoms with Crippen molar-refractivity contribution in [3.8, 4) is 16.9 Å². The molecule has 0 amide bonds. The van der Waals surface area contributed by atoms with Gasteiger partial charge in [0.05, 0.1) is 16.4 Å². The number of nitrogens with two attached hydrogens (primary N) is 1. The second-order valence-electron chi connectivity index (χ2n) is 7.70. The van der Waals surface area contributed by atoms with Crippen LogP contribution in [0.2, 0.25) is 5.02 Å². The second kappa shape index (κ2) is 13.1. The molecule has 0 spiro atoms. The first-order valence-electron chi connectivity index (χ1n) is 11.4. The topological polar surface area (TPSA) is 90.0 Å². The van der Waals surface area contributed by atoms with Crippen LogP contribution in [0.25, 0.3) is 16.9 Å². The number of fused-ring (bicyclic) bond motifs is 3. The van der Waals surface area contributed by atoms with E-state index in [4.69, 9.17) is 11.6 Å². The molecule has 6 nitrogen and oxygen atoms in total. The maximum absolute atomic E-state index is 11.6. The van der Waals surface area contributed by atoms with Crippen LogP contribution in [0.1, 0.15) is 32.0 Å². The summed E-state index contributed by atoms with van der Waals surface area (Å²) in [6.45, 7) is 0. The van der Waals surface area contributed by atoms with E-state index in [1.165, 1.54) is 17.5 Å². The minimum atomic E-state index is 0.507. The molecule has 1 aliphatic carbocycles. The van der Waals surface area contributed by atoms with Crippen LogP contribution < -0.4 is 11.1 Å². The quantitative estimate of drug-likeness (QED) is 0.250. The van der Waals surface area contributed by atoms with Gasteiger partial charge in [-0.05, 0) is 74.2 Å². The zero-order valence-electron chi connectivity index (χ0n) is 20.5. The number of rotatable bonds is 5. The number of hydrogen-bond acceptors (Lipinski definition) is 6. The number of halogens is 1. The van der Waals surface area contributed by atoms with Gasteiger partial charge in [0.25, 0.3) is 0 Å². The zero-order chi connectivity index (χ0) is 26.1. The lowest BCUT2D eigenvalue weighted by atomic mass is 9.88. The molecule has 5 rings (SSSR count). The fourth-order valence-corrected chi connectivity index (χ4v) is 4.58. The number of aromatic nitrogens is 2. The Morgan fingerprint density at radius 2 is 1.72 bits per heavy atom. The highest BCUT2D eigenvalue weighted by Gasteiger charge is 2.26. The van der Waals surface area contributed by atoms with Crippen LogP contribution >= 0.6 is 23.4 Å². The molecule has 3 N–H and O–H groups in total. The molecule has 0 fully saturated rings. The predicted octanol–water partition coefficient (Wildman–Crippen LogP) is 5.94. The Bertz CT molecular complexity index is 1340. The Hall–Kier alpha value is -3.39. The lowest BCUT2D eigenvalue weighted by Crippen LogP contribution is -2.08. The maximum Gasteiger partial charge on any atom is 0.170 e. The number of carbonyl (C=O) groups is 2. The van der Waals surface area contributed by atoms with Crippen molar-refractivity contribution in [2.24, 2.45) is 5.73 Å². The third-order valence-corrected chi connectivity index (χ3v) is 6.86. The maximum atomic E-state index is 11.6. The van der Waals surface area contributed by atoms with Gasteiger partial charge < -0.3 is 11.1 Å². The van der Waals surface area contributed by atoms with Crippen molar-refractivity contribution in [1.82, 2.24) is 9.78 Å². The largest absolute Gasteiger partial charge is 0.388 e. The number of aryl methyl sites for hydroxylation is 1. The SMILES string of the molecule is CN.CNc1ccc2c(c1)-c1c(c(C=O)nn1-c1ccc(SC)cc1)CC2.O=Cc1ccccc1Cl. The highest BCUT2D eigenvalue weighted by molar-refractivity contribution is 7.98. The molecule has 1 heterocycles. The van der Waals surface area contributed by atoms with Crippen molar-refractivity contribution < 1.29 is 9.59 Å². The van der Waals surface area contributed by atoms with Crippen LogP contribution in [-0.4, -0.2) is 42.7 Å². The van der Waals surface area contributed by atoms with Gasteiger partial charge in [0.2, 0.25) is 0 Å². The van der Waals surface area contributed by atoms with E-state index in [-0.39, 0.29) is 0 Å². The molecule has 4 aromatic rings. The molecule has 0 bridgehead atoms. The van der Waals surface area contributed by atoms with E-state index in [9.17, 15) is 9.59 Å². The fourth-order valence-electron chi connectivity index (χ4n) is 4.00. The number of nitrogens with one attached hydrogen (secondary N) is 1. The number of anilines is 1. The van der Waals surface area contributed by atoms with Crippen LogP contribution in [-0.2, 0) is 12.8 Å². The molecule has 0 atom stereocenters. The average molecular weight is 521 g/mol. The Balaban J connectivity index is 0.000000276. The van der Waals surface area contributed by atoms with E-state index in [1.807, 2.05) is 11.7 Å². The lowest BCUT2D eigenvalue weighted by molar-refractivity contribution is 0.111. The van der Waals surface area contributed by atoms with Crippen molar-refractivity contribution in [3.63, 3.8) is 0 Å². The van der Waals surface area contributed by atoms with Gasteiger partial charge in [0.1, 0.15) is 5.69 Å². The van der Waals surface area contributed by atoms with Gasteiger partial charge in [0, 0.05) is 34.3 Å². The minimum absolute atomic E-state index is 0.507. The summed E-state index contributed by atoms with van der Waals surface area (Å²) in [7, 11) is 3.42. The number of carbonyl (C=O) groups excluding carboxylic acids is 2. The minimum Gasteiger partial charge on any atom is -0.388 e. The van der Waals surface area contributed by atoms with Crippen molar-refractivity contribution in [2.45, 2.75) is 17.7 Å². The third kappa shape index (κ3) is 5.87. The predicted molar refractivity (Wildman–Crippen MR) is 150 cm³/mol. The van der Waals surface area contributed by atoms with E-state index < -0.39 is 0 Å². The van der Waals surface area contributed by atoms with Crippen LogP contribution in [0, 0.1) is 0 Å². The molecule has 36 heavy (non-hydrogen) atoms. The molecule has 0 radical (unpaired) electrons. The van der Waals surface area contributed by atoms with Gasteiger partial charge >= 0.3 is 0 Å². The van der Waals surface area contributed by atoms with Gasteiger partial charge in [-0.15, -0.1) is 11.8 Å². The Labute approximate surface area is 220 Å². The molecule has 0 saturated heterocycles. The first kappa shape index (κ1) is 27.2. The van der Waals surface area contributed by atoms with Crippen molar-refractivity contribution in [1.29, 1.82) is 0 Å². The summed E-state index contributed by atoms with van der Waals surface area (Å²) in [5.41, 5.74) is 12.2. The van der Waals surface area contributed by atoms with Crippen molar-refractivity contribution in [2.75, 3.05) is 25.7 Å². The molecule has 1 aromatic heterocycles. The molecule has 186 valence electrons. The van der Waals surface area contributed by atoms with Gasteiger partial charge in [-0.3, -0.25) is 9.59 Å². The van der Waals surface area contributed by atoms with E-state index >= 15 is 0 Å². The summed E-state index contributed by atoms with van der Waals surface area (Å²) in [4.78, 5) is 22.9. The molecule has 8 heteroatoms. The second-order valence-corrected chi connectivity index (χ2v) is 8.99. The summed E-state index contributed by atoms with van der Waals surface area (Å²) in [6.07, 6.45) is 5.45. The summed E-state index contributed by atoms with van der Waals surface area (Å²) in [6, 6.07) is 21.6. The van der Waals surface area contributed by atoms with E-state index in [0.29, 0.717) is 16.3 Å². The van der Waals surface area contributed by atoms with Crippen molar-refractivity contribution >= 4 is 41.6 Å². The fraction of sp³-hybridized carbons (Fsp3) is 0.179. The summed E-state index contributed by atoms with van der Waals surface area (Å²) < 4.78 is 1.92. The van der Waals surface area contributed by atoms with E-state index in [1.54, 1.807) is 36.0 Å². The summed E-state index contributed by atoms with van der Waals surface area (Å²) in [5, 5.41) is 8.32. The standard InChI is InChI=1S/C20H19N3OS.C7H5ClO.CH5N/c1-21-14-5-3-13-4-10-17-19(12-24)22-23(20(17)18(13)11-14)15-6-8-16(25-2)9-7-15;8-7-4-2-1-3-6(7)5-9;1-2/h3,5-9,11-12,21H,4,10H2,1-2H3;1-5H;2H2,1H3. The summed E-state index contributed by atoms with van der Waals surface area (Å²) in [5.74, 6) is 0. The van der Waals surface area contributed by atoms with Gasteiger partial charge in [0.15, 0.2) is 12.6 Å². The highest BCUT2D eigenvalue weighted by atomic mass is 35.5. The first-order valence-corrected chi connectivity index (χ1v) is 13.0. The smallest absolute Gasteiger partial charge is 0.170 e. The van der Waals surface area contributed by atoms with Crippen LogP contribution in [0.4, 0.5) is 5.69 Å². The Morgan fingerprint density at radius 1 is 1.00 bits per heavy atom. The van der Waals surface area contributed by atoms with Gasteiger partial charge in [-0.2, -0.15) is 5.10 Å². The summed E-state index contributed by atoms with van der Waals surface area (Å²) >= 11 is 7.30.